The largest absolute Gasteiger partial charge is 0.494 e. The molecule has 0 radical (unpaired) electrons. The summed E-state index contributed by atoms with van der Waals surface area (Å²) in [5.74, 6) is 0.691. The molecule has 0 aliphatic carbocycles. The van der Waals surface area contributed by atoms with Gasteiger partial charge >= 0.3 is 5.97 Å². The Hall–Kier alpha value is -1.55. The van der Waals surface area contributed by atoms with Gasteiger partial charge in [-0.15, -0.1) is 0 Å². The summed E-state index contributed by atoms with van der Waals surface area (Å²) in [6.45, 7) is 5.93. The topological polar surface area (TPSA) is 38.8 Å². The number of ether oxygens (including phenoxy) is 2. The first-order valence-corrected chi connectivity index (χ1v) is 6.48. The third-order valence-electron chi connectivity index (χ3n) is 3.06. The molecule has 1 aromatic rings. The van der Waals surface area contributed by atoms with Crippen molar-refractivity contribution in [2.75, 3.05) is 33.9 Å². The van der Waals surface area contributed by atoms with E-state index in [2.05, 4.69) is 24.7 Å². The SMILES string of the molecule is COC(=O)CN(C)CCCOc1ccc(C)c(C)c1. The third kappa shape index (κ3) is 5.75. The Bertz CT molecular complexity index is 418. The Morgan fingerprint density at radius 3 is 2.63 bits per heavy atom. The van der Waals surface area contributed by atoms with Gasteiger partial charge in [-0.1, -0.05) is 6.07 Å². The number of nitrogens with zero attached hydrogens (tertiary/aromatic N) is 1. The fourth-order valence-electron chi connectivity index (χ4n) is 1.69. The number of rotatable bonds is 7. The second-order valence-electron chi connectivity index (χ2n) is 4.76. The molecule has 0 atom stereocenters. The van der Waals surface area contributed by atoms with Crippen molar-refractivity contribution in [3.05, 3.63) is 29.3 Å². The van der Waals surface area contributed by atoms with Gasteiger partial charge in [0.15, 0.2) is 0 Å². The number of carbonyl (C=O) groups excluding carboxylic acids is 1. The highest BCUT2D eigenvalue weighted by molar-refractivity contribution is 5.71. The number of esters is 1. The van der Waals surface area contributed by atoms with E-state index in [4.69, 9.17) is 4.74 Å². The molecular weight excluding hydrogens is 242 g/mol. The Balaban J connectivity index is 2.23. The fourth-order valence-corrected chi connectivity index (χ4v) is 1.69. The number of methoxy groups -OCH3 is 1. The molecule has 0 amide bonds. The molecule has 0 aromatic heterocycles. The maximum atomic E-state index is 11.1. The Morgan fingerprint density at radius 1 is 1.26 bits per heavy atom. The van der Waals surface area contributed by atoms with Gasteiger partial charge in [0.2, 0.25) is 0 Å². The van der Waals surface area contributed by atoms with Gasteiger partial charge in [-0.3, -0.25) is 9.69 Å². The van der Waals surface area contributed by atoms with Gasteiger partial charge in [-0.05, 0) is 50.6 Å². The molecular formula is C15H23NO3. The van der Waals surface area contributed by atoms with Crippen LogP contribution < -0.4 is 4.74 Å². The molecule has 0 spiro atoms. The summed E-state index contributed by atoms with van der Waals surface area (Å²) in [4.78, 5) is 13.0. The zero-order chi connectivity index (χ0) is 14.3. The van der Waals surface area contributed by atoms with Crippen LogP contribution in [0.15, 0.2) is 18.2 Å². The first kappa shape index (κ1) is 15.5. The van der Waals surface area contributed by atoms with Gasteiger partial charge < -0.3 is 9.47 Å². The molecule has 1 aromatic carbocycles. The van der Waals surface area contributed by atoms with Crippen LogP contribution in [0.2, 0.25) is 0 Å². The Morgan fingerprint density at radius 2 is 2.00 bits per heavy atom. The summed E-state index contributed by atoms with van der Waals surface area (Å²) >= 11 is 0. The van der Waals surface area contributed by atoms with Crippen molar-refractivity contribution >= 4 is 5.97 Å². The van der Waals surface area contributed by atoms with E-state index in [1.807, 2.05) is 24.1 Å². The van der Waals surface area contributed by atoms with Crippen molar-refractivity contribution in [1.29, 1.82) is 0 Å². The predicted molar refractivity (Wildman–Crippen MR) is 75.5 cm³/mol. The smallest absolute Gasteiger partial charge is 0.319 e. The van der Waals surface area contributed by atoms with E-state index in [-0.39, 0.29) is 5.97 Å². The lowest BCUT2D eigenvalue weighted by atomic mass is 10.1. The van der Waals surface area contributed by atoms with Gasteiger partial charge in [-0.2, -0.15) is 0 Å². The average molecular weight is 265 g/mol. The van der Waals surface area contributed by atoms with Crippen LogP contribution in [0.25, 0.3) is 0 Å². The van der Waals surface area contributed by atoms with Gasteiger partial charge in [0.05, 0.1) is 20.3 Å². The molecule has 1 rings (SSSR count). The molecule has 106 valence electrons. The maximum absolute atomic E-state index is 11.1. The molecule has 0 heterocycles. The lowest BCUT2D eigenvalue weighted by Crippen LogP contribution is -2.28. The third-order valence-corrected chi connectivity index (χ3v) is 3.06. The molecule has 0 unspecified atom stereocenters. The van der Waals surface area contributed by atoms with E-state index in [9.17, 15) is 4.79 Å². The number of benzene rings is 1. The summed E-state index contributed by atoms with van der Waals surface area (Å²) < 4.78 is 10.3. The highest BCUT2D eigenvalue weighted by atomic mass is 16.5. The highest BCUT2D eigenvalue weighted by Crippen LogP contribution is 2.16. The van der Waals surface area contributed by atoms with E-state index in [0.717, 1.165) is 18.7 Å². The zero-order valence-corrected chi connectivity index (χ0v) is 12.2. The van der Waals surface area contributed by atoms with Gasteiger partial charge in [0.1, 0.15) is 5.75 Å². The minimum absolute atomic E-state index is 0.211. The van der Waals surface area contributed by atoms with Crippen LogP contribution in [0.5, 0.6) is 5.75 Å². The molecule has 4 nitrogen and oxygen atoms in total. The minimum Gasteiger partial charge on any atom is -0.494 e. The van der Waals surface area contributed by atoms with Crippen LogP contribution in [0, 0.1) is 13.8 Å². The molecule has 19 heavy (non-hydrogen) atoms. The van der Waals surface area contributed by atoms with E-state index in [1.165, 1.54) is 18.2 Å². The van der Waals surface area contributed by atoms with Crippen molar-refractivity contribution in [3.63, 3.8) is 0 Å². The van der Waals surface area contributed by atoms with Gasteiger partial charge in [0.25, 0.3) is 0 Å². The van der Waals surface area contributed by atoms with Crippen LogP contribution in [-0.2, 0) is 9.53 Å². The molecule has 0 N–H and O–H groups in total. The molecule has 0 aliphatic rings. The first-order valence-electron chi connectivity index (χ1n) is 6.48. The number of hydrogen-bond donors (Lipinski definition) is 0. The van der Waals surface area contributed by atoms with E-state index in [0.29, 0.717) is 13.2 Å². The standard InChI is InChI=1S/C15H23NO3/c1-12-6-7-14(10-13(12)2)19-9-5-8-16(3)11-15(17)18-4/h6-7,10H,5,8-9,11H2,1-4H3. The lowest BCUT2D eigenvalue weighted by molar-refractivity contribution is -0.141. The number of carbonyl (C=O) groups is 1. The highest BCUT2D eigenvalue weighted by Gasteiger charge is 2.05. The van der Waals surface area contributed by atoms with Gasteiger partial charge in [0, 0.05) is 6.54 Å². The summed E-state index contributed by atoms with van der Waals surface area (Å²) in [6.07, 6.45) is 0.875. The second kappa shape index (κ2) is 7.79. The summed E-state index contributed by atoms with van der Waals surface area (Å²) in [7, 11) is 3.30. The zero-order valence-electron chi connectivity index (χ0n) is 12.2. The monoisotopic (exact) mass is 265 g/mol. The van der Waals surface area contributed by atoms with Crippen LogP contribution in [0.4, 0.5) is 0 Å². The van der Waals surface area contributed by atoms with E-state index >= 15 is 0 Å². The van der Waals surface area contributed by atoms with Crippen molar-refractivity contribution in [3.8, 4) is 5.75 Å². The van der Waals surface area contributed by atoms with Crippen LogP contribution in [-0.4, -0.2) is 44.7 Å². The Labute approximate surface area is 115 Å². The molecule has 0 saturated carbocycles. The fraction of sp³-hybridized carbons (Fsp3) is 0.533. The first-order chi connectivity index (χ1) is 9.02. The second-order valence-corrected chi connectivity index (χ2v) is 4.76. The van der Waals surface area contributed by atoms with Crippen molar-refractivity contribution in [2.45, 2.75) is 20.3 Å². The lowest BCUT2D eigenvalue weighted by Gasteiger charge is -2.15. The predicted octanol–water partition coefficient (Wildman–Crippen LogP) is 2.18. The van der Waals surface area contributed by atoms with Crippen molar-refractivity contribution in [2.24, 2.45) is 0 Å². The molecule has 0 fully saturated rings. The van der Waals surface area contributed by atoms with Crippen LogP contribution in [0.1, 0.15) is 17.5 Å². The van der Waals surface area contributed by atoms with E-state index < -0.39 is 0 Å². The van der Waals surface area contributed by atoms with Crippen LogP contribution in [0.3, 0.4) is 0 Å². The van der Waals surface area contributed by atoms with Crippen LogP contribution >= 0.6 is 0 Å². The molecule has 0 saturated heterocycles. The van der Waals surface area contributed by atoms with Gasteiger partial charge in [-0.25, -0.2) is 0 Å². The van der Waals surface area contributed by atoms with Crippen molar-refractivity contribution < 1.29 is 14.3 Å². The normalized spacial score (nSPS) is 10.6. The Kier molecular flexibility index (Phi) is 6.36. The summed E-state index contributed by atoms with van der Waals surface area (Å²) in [5.41, 5.74) is 2.51. The number of aryl methyl sites for hydroxylation is 2. The summed E-state index contributed by atoms with van der Waals surface area (Å²) in [6, 6.07) is 6.10. The summed E-state index contributed by atoms with van der Waals surface area (Å²) in [5, 5.41) is 0. The van der Waals surface area contributed by atoms with E-state index in [1.54, 1.807) is 0 Å². The molecule has 4 heteroatoms. The number of hydrogen-bond acceptors (Lipinski definition) is 4. The quantitative estimate of drug-likeness (QED) is 0.559. The average Bonchev–Trinajstić information content (AvgIpc) is 2.38. The molecule has 0 bridgehead atoms. The minimum atomic E-state index is -0.211. The molecule has 0 aliphatic heterocycles. The van der Waals surface area contributed by atoms with Crippen molar-refractivity contribution in [1.82, 2.24) is 4.90 Å². The number of likely N-dealkylation sites (N-methyl/N-ethyl adjacent to an activating group) is 1. The maximum Gasteiger partial charge on any atom is 0.319 e.